The number of nitriles is 2. The minimum Gasteiger partial charge on any atom is -0.481 e. The van der Waals surface area contributed by atoms with Crippen molar-refractivity contribution in [3.63, 3.8) is 0 Å². The number of sulfonamides is 2. The fraction of sp³-hybridized carbons (Fsp3) is 0.438. The molecule has 2 aliphatic rings. The van der Waals surface area contributed by atoms with E-state index in [1.165, 1.54) is 23.1 Å². The van der Waals surface area contributed by atoms with Crippen LogP contribution < -0.4 is 9.44 Å². The first-order valence-electron chi connectivity index (χ1n) is 23.0. The molecule has 17 nitrogen and oxygen atoms in total. The van der Waals surface area contributed by atoms with Crippen molar-refractivity contribution in [2.45, 2.75) is 113 Å². The Morgan fingerprint density at radius 1 is 0.783 bits per heavy atom. The predicted molar refractivity (Wildman–Crippen MR) is 261 cm³/mol. The first-order valence-corrected chi connectivity index (χ1v) is 26.7. The summed E-state index contributed by atoms with van der Waals surface area (Å²) in [4.78, 5) is 45.0. The van der Waals surface area contributed by atoms with Crippen molar-refractivity contribution < 1.29 is 36.3 Å². The van der Waals surface area contributed by atoms with Gasteiger partial charge in [-0.1, -0.05) is 55.1 Å². The van der Waals surface area contributed by atoms with E-state index in [0.717, 1.165) is 32.1 Å². The monoisotopic (exact) mass is 1020 g/mol. The zero-order chi connectivity index (χ0) is 49.9. The number of aromatic nitrogens is 3. The number of carbonyl (C=O) groups is 3. The van der Waals surface area contributed by atoms with Crippen LogP contribution in [-0.2, 0) is 47.5 Å². The lowest BCUT2D eigenvalue weighted by Crippen LogP contribution is -2.56. The first kappa shape index (κ1) is 52.7. The normalized spacial score (nSPS) is 17.0. The van der Waals surface area contributed by atoms with Crippen molar-refractivity contribution in [2.75, 3.05) is 19.6 Å². The van der Waals surface area contributed by atoms with Gasteiger partial charge in [0.2, 0.25) is 31.9 Å². The van der Waals surface area contributed by atoms with Crippen molar-refractivity contribution in [3.05, 3.63) is 107 Å². The molecular weight excluding hydrogens is 966 g/mol. The molecule has 2 aromatic carbocycles. The molecule has 4 N–H and O–H groups in total. The molecule has 69 heavy (non-hydrogen) atoms. The first-order chi connectivity index (χ1) is 33.0. The van der Waals surface area contributed by atoms with E-state index in [2.05, 4.69) is 33.5 Å². The number of nitrogens with zero attached hydrogens (tertiary/aromatic N) is 6. The zero-order valence-electron chi connectivity index (χ0n) is 38.4. The van der Waals surface area contributed by atoms with Crippen molar-refractivity contribution in [3.8, 4) is 12.1 Å². The van der Waals surface area contributed by atoms with Gasteiger partial charge >= 0.3 is 5.97 Å². The number of aliphatic carboxylic acids is 1. The maximum absolute atomic E-state index is 13.8. The number of likely N-dealkylation sites (tertiary alicyclic amines) is 2. The molecule has 0 radical (unpaired) electrons. The second-order valence-corrected chi connectivity index (χ2v) is 21.5. The third-order valence-corrected chi connectivity index (χ3v) is 16.8. The fourth-order valence-corrected chi connectivity index (χ4v) is 12.9. The van der Waals surface area contributed by atoms with Crippen LogP contribution >= 0.6 is 23.2 Å². The van der Waals surface area contributed by atoms with Gasteiger partial charge in [-0.05, 0) is 112 Å². The Labute approximate surface area is 413 Å². The van der Waals surface area contributed by atoms with Crippen molar-refractivity contribution in [2.24, 2.45) is 11.8 Å². The zero-order valence-corrected chi connectivity index (χ0v) is 41.6. The number of hydrogen-bond acceptors (Lipinski definition) is 9. The number of amides is 2. The molecule has 2 aliphatic heterocycles. The van der Waals surface area contributed by atoms with Gasteiger partial charge in [0.05, 0.1) is 20.9 Å². The number of rotatable bonds is 18. The molecule has 0 saturated carbocycles. The van der Waals surface area contributed by atoms with Gasteiger partial charge in [0.1, 0.15) is 40.5 Å². The number of benzene rings is 2. The molecule has 2 amide bonds. The molecule has 2 saturated heterocycles. The van der Waals surface area contributed by atoms with E-state index >= 15 is 0 Å². The van der Waals surface area contributed by atoms with Crippen LogP contribution in [0.3, 0.4) is 0 Å². The number of nitrogens with one attached hydrogen (secondary N) is 3. The number of fused-ring (bicyclic) bond motifs is 1. The number of halogens is 2. The maximum Gasteiger partial charge on any atom is 0.308 e. The number of aromatic amines is 1. The second kappa shape index (κ2) is 23.8. The number of H-pyrrole nitrogens is 1. The summed E-state index contributed by atoms with van der Waals surface area (Å²) < 4.78 is 61.9. The average molecular weight is 1020 g/mol. The highest BCUT2D eigenvalue weighted by atomic mass is 35.5. The van der Waals surface area contributed by atoms with Crippen LogP contribution in [0.1, 0.15) is 83.0 Å². The summed E-state index contributed by atoms with van der Waals surface area (Å²) in [5, 5.41) is 28.7. The Balaban J connectivity index is 0.000000228. The standard InChI is InChI=1S/C25H29N5O5S.C23H28Cl2N4O3S/c1-17(25(32)33)22-8-2-3-14-30(22)24(31)21(11-15-29-13-5-6-18(29)16-26)28-36(34,35)23-9-4-7-20-19(23)10-12-27-20;1-2-5-17-9-13-29(14-10-17)23(30)21(11-15-28-12-4-6-18(28)16-26)27-33(31,32)22-19(24)7-3-8-20(22)25/h4-7,9-10,12-13,17,21-22,27-28H,2-3,8,11,14-15H2,1H3,(H,32,33);3-4,6-8,12,17,21,27H,2,5,9-11,13-15H2,1H3. The van der Waals surface area contributed by atoms with Gasteiger partial charge in [0.15, 0.2) is 0 Å². The molecule has 4 atom stereocenters. The van der Waals surface area contributed by atoms with Crippen molar-refractivity contribution in [1.29, 1.82) is 10.5 Å². The van der Waals surface area contributed by atoms with E-state index < -0.39 is 56.0 Å². The largest absolute Gasteiger partial charge is 0.481 e. The highest BCUT2D eigenvalue weighted by Gasteiger charge is 2.39. The van der Waals surface area contributed by atoms with Gasteiger partial charge in [-0.3, -0.25) is 14.4 Å². The van der Waals surface area contributed by atoms with Gasteiger partial charge in [0.25, 0.3) is 0 Å². The fourth-order valence-electron chi connectivity index (χ4n) is 9.14. The van der Waals surface area contributed by atoms with Gasteiger partial charge in [0, 0.05) is 68.3 Å². The number of carboxylic acid groups (broad SMARTS) is 1. The number of hydrogen-bond donors (Lipinski definition) is 4. The average Bonchev–Trinajstić information content (AvgIpc) is 4.13. The van der Waals surface area contributed by atoms with E-state index in [0.29, 0.717) is 67.2 Å². The van der Waals surface area contributed by atoms with E-state index in [-0.39, 0.29) is 45.1 Å². The van der Waals surface area contributed by atoms with E-state index in [4.69, 9.17) is 23.2 Å². The number of carbonyl (C=O) groups excluding carboxylic acids is 2. The minimum absolute atomic E-state index is 0.0150. The second-order valence-electron chi connectivity index (χ2n) is 17.3. The third-order valence-electron chi connectivity index (χ3n) is 12.9. The third kappa shape index (κ3) is 13.0. The lowest BCUT2D eigenvalue weighted by molar-refractivity contribution is -0.148. The topological polar surface area (TPSA) is 243 Å². The summed E-state index contributed by atoms with van der Waals surface area (Å²) in [6.07, 6.45) is 11.5. The van der Waals surface area contributed by atoms with Gasteiger partial charge < -0.3 is 29.0 Å². The number of aryl methyl sites for hydroxylation is 2. The van der Waals surface area contributed by atoms with Gasteiger partial charge in [-0.2, -0.15) is 20.0 Å². The quantitative estimate of drug-likeness (QED) is 0.0692. The molecule has 5 aromatic rings. The highest BCUT2D eigenvalue weighted by Crippen LogP contribution is 2.31. The Hall–Kier alpha value is -5.67. The molecule has 5 heterocycles. The molecule has 0 spiro atoms. The molecule has 2 fully saturated rings. The lowest BCUT2D eigenvalue weighted by Gasteiger charge is -2.39. The van der Waals surface area contributed by atoms with Crippen molar-refractivity contribution in [1.82, 2.24) is 33.4 Å². The summed E-state index contributed by atoms with van der Waals surface area (Å²) in [7, 11) is -8.27. The Morgan fingerprint density at radius 3 is 1.94 bits per heavy atom. The van der Waals surface area contributed by atoms with Crippen LogP contribution in [0.5, 0.6) is 0 Å². The Morgan fingerprint density at radius 2 is 1.36 bits per heavy atom. The molecule has 0 aliphatic carbocycles. The van der Waals surface area contributed by atoms with Crippen molar-refractivity contribution >= 4 is 71.9 Å². The lowest BCUT2D eigenvalue weighted by atomic mass is 9.90. The summed E-state index contributed by atoms with van der Waals surface area (Å²) in [5.74, 6) is -1.92. The van der Waals surface area contributed by atoms with Crippen LogP contribution in [0.2, 0.25) is 10.0 Å². The molecule has 21 heteroatoms. The van der Waals surface area contributed by atoms with E-state index in [1.54, 1.807) is 88.1 Å². The maximum atomic E-state index is 13.8. The number of piperidine rings is 2. The summed E-state index contributed by atoms with van der Waals surface area (Å²) >= 11 is 12.3. The number of carboxylic acids is 1. The smallest absolute Gasteiger partial charge is 0.308 e. The summed E-state index contributed by atoms with van der Waals surface area (Å²) in [6.45, 7) is 5.82. The van der Waals surface area contributed by atoms with E-state index in [9.17, 15) is 46.8 Å². The molecule has 368 valence electrons. The Bertz CT molecular complexity index is 2890. The molecule has 3 aromatic heterocycles. The minimum atomic E-state index is -4.17. The van der Waals surface area contributed by atoms with E-state index in [1.807, 2.05) is 0 Å². The van der Waals surface area contributed by atoms with Crippen LogP contribution in [-0.4, -0.2) is 101 Å². The molecule has 7 rings (SSSR count). The predicted octanol–water partition coefficient (Wildman–Crippen LogP) is 7.12. The molecule has 4 unspecified atom stereocenters. The summed E-state index contributed by atoms with van der Waals surface area (Å²) in [5.41, 5.74) is 1.49. The molecular formula is C48H57Cl2N9O8S2. The summed E-state index contributed by atoms with van der Waals surface area (Å²) in [6, 6.07) is 19.2. The van der Waals surface area contributed by atoms with Crippen LogP contribution in [0.15, 0.2) is 95.1 Å². The highest BCUT2D eigenvalue weighted by molar-refractivity contribution is 7.90. The van der Waals surface area contributed by atoms with Gasteiger partial charge in [-0.25, -0.2) is 16.8 Å². The SMILES string of the molecule is CC(C(=O)O)C1CCCCN1C(=O)C(CCn1cccc1C#N)NS(=O)(=O)c1cccc2[nH]ccc12.CCCC1CCN(C(=O)C(CCn2cccc2C#N)NS(=O)(=O)c2c(Cl)cccc2Cl)CC1. The Kier molecular flexibility index (Phi) is 18.1. The van der Waals surface area contributed by atoms with Crippen LogP contribution in [0.4, 0.5) is 0 Å². The van der Waals surface area contributed by atoms with Gasteiger partial charge in [-0.15, -0.1) is 0 Å². The van der Waals surface area contributed by atoms with Crippen LogP contribution in [0.25, 0.3) is 10.9 Å². The molecule has 0 bridgehead atoms. The van der Waals surface area contributed by atoms with Crippen LogP contribution in [0, 0.1) is 34.5 Å².